The number of primary amides is 1. The van der Waals surface area contributed by atoms with Crippen LogP contribution in [0.5, 0.6) is 11.5 Å². The molecule has 3 rings (SSSR count). The van der Waals surface area contributed by atoms with E-state index in [1.165, 1.54) is 30.6 Å². The molecule has 7 heteroatoms. The summed E-state index contributed by atoms with van der Waals surface area (Å²) in [6.07, 6.45) is 0. The lowest BCUT2D eigenvalue weighted by atomic mass is 10.2. The number of para-hydroxylation sites is 1. The number of ether oxygens (including phenoxy) is 2. The molecule has 0 fully saturated rings. The average Bonchev–Trinajstić information content (AvgIpc) is 3.09. The van der Waals surface area contributed by atoms with Gasteiger partial charge in [-0.05, 0) is 36.4 Å². The van der Waals surface area contributed by atoms with Crippen molar-refractivity contribution in [1.29, 1.82) is 0 Å². The van der Waals surface area contributed by atoms with Gasteiger partial charge in [0.1, 0.15) is 17.4 Å². The van der Waals surface area contributed by atoms with Gasteiger partial charge in [-0.2, -0.15) is 0 Å². The van der Waals surface area contributed by atoms with Crippen molar-refractivity contribution >= 4 is 17.2 Å². The molecule has 1 heterocycles. The number of aromatic nitrogens is 1. The Kier molecular flexibility index (Phi) is 4.95. The van der Waals surface area contributed by atoms with Crippen LogP contribution in [-0.4, -0.2) is 18.0 Å². The minimum Gasteiger partial charge on any atom is -0.493 e. The summed E-state index contributed by atoms with van der Waals surface area (Å²) in [6.45, 7) is 0.151. The Labute approximate surface area is 147 Å². The molecule has 2 aromatic carbocycles. The molecule has 3 aromatic rings. The Morgan fingerprint density at radius 2 is 2.00 bits per heavy atom. The largest absolute Gasteiger partial charge is 0.493 e. The molecule has 0 spiro atoms. The Bertz CT molecular complexity index is 894. The highest BCUT2D eigenvalue weighted by atomic mass is 32.1. The second-order valence-corrected chi connectivity index (χ2v) is 6.00. The summed E-state index contributed by atoms with van der Waals surface area (Å²) in [7, 11) is 1.49. The van der Waals surface area contributed by atoms with Crippen LogP contribution in [-0.2, 0) is 6.61 Å². The summed E-state index contributed by atoms with van der Waals surface area (Å²) in [5.74, 6) is -0.183. The van der Waals surface area contributed by atoms with Crippen molar-refractivity contribution in [3.8, 4) is 22.1 Å². The van der Waals surface area contributed by atoms with Crippen molar-refractivity contribution in [1.82, 2.24) is 4.98 Å². The van der Waals surface area contributed by atoms with E-state index in [1.54, 1.807) is 30.3 Å². The molecule has 0 unspecified atom stereocenters. The van der Waals surface area contributed by atoms with E-state index in [0.717, 1.165) is 10.6 Å². The topological polar surface area (TPSA) is 74.4 Å². The van der Waals surface area contributed by atoms with E-state index in [9.17, 15) is 9.18 Å². The Hall–Kier alpha value is -2.93. The Morgan fingerprint density at radius 1 is 1.24 bits per heavy atom. The highest BCUT2D eigenvalue weighted by Gasteiger charge is 2.15. The fourth-order valence-electron chi connectivity index (χ4n) is 2.26. The van der Waals surface area contributed by atoms with Crippen LogP contribution < -0.4 is 15.2 Å². The number of hydrogen-bond donors (Lipinski definition) is 1. The first kappa shape index (κ1) is 16.9. The van der Waals surface area contributed by atoms with Gasteiger partial charge < -0.3 is 15.2 Å². The van der Waals surface area contributed by atoms with Gasteiger partial charge in [-0.15, -0.1) is 11.3 Å². The van der Waals surface area contributed by atoms with Crippen molar-refractivity contribution in [3.63, 3.8) is 0 Å². The molecule has 5 nitrogen and oxygen atoms in total. The van der Waals surface area contributed by atoms with Crippen molar-refractivity contribution < 1.29 is 18.7 Å². The van der Waals surface area contributed by atoms with E-state index in [1.807, 2.05) is 5.38 Å². The molecule has 1 amide bonds. The Morgan fingerprint density at radius 3 is 2.68 bits per heavy atom. The second-order valence-electron chi connectivity index (χ2n) is 5.14. The van der Waals surface area contributed by atoms with Gasteiger partial charge in [0.25, 0.3) is 5.91 Å². The van der Waals surface area contributed by atoms with Crippen molar-refractivity contribution in [2.45, 2.75) is 6.61 Å². The molecule has 128 valence electrons. The third-order valence-corrected chi connectivity index (χ3v) is 4.41. The standard InChI is InChI=1S/C18H15FN2O3S/c1-23-15-4-2-3-14(17(20)22)16(15)24-9-13-10-25-18(21-13)11-5-7-12(19)8-6-11/h2-8,10H,9H2,1H3,(H2,20,22). The van der Waals surface area contributed by atoms with Crippen LogP contribution >= 0.6 is 11.3 Å². The predicted octanol–water partition coefficient (Wildman–Crippen LogP) is 3.64. The first-order valence-corrected chi connectivity index (χ1v) is 8.26. The highest BCUT2D eigenvalue weighted by Crippen LogP contribution is 2.32. The first-order chi connectivity index (χ1) is 12.1. The van der Waals surface area contributed by atoms with Gasteiger partial charge in [-0.3, -0.25) is 4.79 Å². The van der Waals surface area contributed by atoms with Crippen LogP contribution in [0, 0.1) is 5.82 Å². The van der Waals surface area contributed by atoms with Crippen LogP contribution in [0.15, 0.2) is 47.8 Å². The molecule has 2 N–H and O–H groups in total. The van der Waals surface area contributed by atoms with E-state index in [4.69, 9.17) is 15.2 Å². The van der Waals surface area contributed by atoms with Gasteiger partial charge in [0.05, 0.1) is 18.4 Å². The zero-order valence-corrected chi connectivity index (χ0v) is 14.2. The first-order valence-electron chi connectivity index (χ1n) is 7.38. The number of carbonyl (C=O) groups is 1. The molecule has 0 aliphatic rings. The maximum atomic E-state index is 13.0. The molecule has 25 heavy (non-hydrogen) atoms. The molecule has 0 saturated carbocycles. The van der Waals surface area contributed by atoms with Crippen molar-refractivity contribution in [2.24, 2.45) is 5.73 Å². The Balaban J connectivity index is 1.79. The van der Waals surface area contributed by atoms with E-state index in [-0.39, 0.29) is 23.7 Å². The zero-order chi connectivity index (χ0) is 17.8. The number of halogens is 1. The normalized spacial score (nSPS) is 10.5. The quantitative estimate of drug-likeness (QED) is 0.730. The molecule has 0 saturated heterocycles. The second kappa shape index (κ2) is 7.31. The van der Waals surface area contributed by atoms with Gasteiger partial charge in [0.15, 0.2) is 11.5 Å². The lowest BCUT2D eigenvalue weighted by Gasteiger charge is -2.12. The molecule has 0 radical (unpaired) electrons. The van der Waals surface area contributed by atoms with Gasteiger partial charge in [-0.1, -0.05) is 6.07 Å². The predicted molar refractivity (Wildman–Crippen MR) is 93.4 cm³/mol. The minimum atomic E-state index is -0.598. The molecule has 0 atom stereocenters. The number of benzene rings is 2. The molecule has 0 aliphatic carbocycles. The van der Waals surface area contributed by atoms with Gasteiger partial charge in [-0.25, -0.2) is 9.37 Å². The van der Waals surface area contributed by atoms with Crippen LogP contribution in [0.4, 0.5) is 4.39 Å². The summed E-state index contributed by atoms with van der Waals surface area (Å²) < 4.78 is 24.0. The smallest absolute Gasteiger partial charge is 0.252 e. The number of methoxy groups -OCH3 is 1. The molecular formula is C18H15FN2O3S. The lowest BCUT2D eigenvalue weighted by molar-refractivity contribution is 0.0995. The minimum absolute atomic E-state index is 0.151. The molecule has 0 bridgehead atoms. The van der Waals surface area contributed by atoms with E-state index in [0.29, 0.717) is 11.4 Å². The summed E-state index contributed by atoms with van der Waals surface area (Å²) >= 11 is 1.43. The zero-order valence-electron chi connectivity index (χ0n) is 13.4. The summed E-state index contributed by atoms with van der Waals surface area (Å²) in [5.41, 5.74) is 7.14. The van der Waals surface area contributed by atoms with Gasteiger partial charge in [0, 0.05) is 10.9 Å². The van der Waals surface area contributed by atoms with E-state index in [2.05, 4.69) is 4.98 Å². The number of hydrogen-bond acceptors (Lipinski definition) is 5. The SMILES string of the molecule is COc1cccc(C(N)=O)c1OCc1csc(-c2ccc(F)cc2)n1. The summed E-state index contributed by atoms with van der Waals surface area (Å²) in [6, 6.07) is 11.1. The van der Waals surface area contributed by atoms with Crippen molar-refractivity contribution in [2.75, 3.05) is 7.11 Å². The van der Waals surface area contributed by atoms with Gasteiger partial charge >= 0.3 is 0 Å². The van der Waals surface area contributed by atoms with Crippen LogP contribution in [0.2, 0.25) is 0 Å². The van der Waals surface area contributed by atoms with Crippen molar-refractivity contribution in [3.05, 3.63) is 64.9 Å². The highest BCUT2D eigenvalue weighted by molar-refractivity contribution is 7.13. The summed E-state index contributed by atoms with van der Waals surface area (Å²) in [4.78, 5) is 16.0. The van der Waals surface area contributed by atoms with Gasteiger partial charge in [0.2, 0.25) is 0 Å². The molecule has 1 aromatic heterocycles. The maximum absolute atomic E-state index is 13.0. The fourth-order valence-corrected chi connectivity index (χ4v) is 3.07. The molecular weight excluding hydrogens is 343 g/mol. The van der Waals surface area contributed by atoms with Crippen LogP contribution in [0.1, 0.15) is 16.1 Å². The van der Waals surface area contributed by atoms with E-state index >= 15 is 0 Å². The third kappa shape index (κ3) is 3.77. The number of amides is 1. The lowest BCUT2D eigenvalue weighted by Crippen LogP contribution is -2.13. The third-order valence-electron chi connectivity index (χ3n) is 3.47. The number of nitrogens with zero attached hydrogens (tertiary/aromatic N) is 1. The number of nitrogens with two attached hydrogens (primary N) is 1. The average molecular weight is 358 g/mol. The summed E-state index contributed by atoms with van der Waals surface area (Å²) in [5, 5.41) is 2.60. The van der Waals surface area contributed by atoms with Crippen LogP contribution in [0.25, 0.3) is 10.6 Å². The number of thiazole rings is 1. The molecule has 0 aliphatic heterocycles. The number of rotatable bonds is 6. The monoisotopic (exact) mass is 358 g/mol. The number of carbonyl (C=O) groups excluding carboxylic acids is 1. The van der Waals surface area contributed by atoms with E-state index < -0.39 is 5.91 Å². The fraction of sp³-hybridized carbons (Fsp3) is 0.111. The maximum Gasteiger partial charge on any atom is 0.252 e. The van der Waals surface area contributed by atoms with Crippen LogP contribution in [0.3, 0.4) is 0 Å².